The van der Waals surface area contributed by atoms with Gasteiger partial charge in [-0.05, 0) is 43.7 Å². The van der Waals surface area contributed by atoms with Gasteiger partial charge in [-0.15, -0.1) is 0 Å². The van der Waals surface area contributed by atoms with Gasteiger partial charge in [-0.1, -0.05) is 13.3 Å². The van der Waals surface area contributed by atoms with E-state index >= 15 is 0 Å². The SMILES string of the molecule is CCC1CCCCC1Oc1ccc(N)cc1F. The molecule has 3 heteroatoms. The average Bonchev–Trinajstić information content (AvgIpc) is 2.33. The standard InChI is InChI=1S/C14H20FNO/c1-2-10-5-3-4-6-13(10)17-14-8-7-11(16)9-12(14)15/h7-10,13H,2-6,16H2,1H3. The minimum Gasteiger partial charge on any atom is -0.487 e. The van der Waals surface area contributed by atoms with E-state index in [1.165, 1.54) is 25.3 Å². The van der Waals surface area contributed by atoms with Crippen LogP contribution in [0.3, 0.4) is 0 Å². The Morgan fingerprint density at radius 3 is 2.82 bits per heavy atom. The minimum atomic E-state index is -0.356. The molecule has 1 aromatic rings. The van der Waals surface area contributed by atoms with Crippen molar-refractivity contribution in [2.24, 2.45) is 5.92 Å². The molecule has 0 heterocycles. The average molecular weight is 237 g/mol. The van der Waals surface area contributed by atoms with Crippen LogP contribution in [0.5, 0.6) is 5.75 Å². The van der Waals surface area contributed by atoms with Gasteiger partial charge in [0.2, 0.25) is 0 Å². The molecule has 0 bridgehead atoms. The Balaban J connectivity index is 2.08. The fourth-order valence-electron chi connectivity index (χ4n) is 2.57. The van der Waals surface area contributed by atoms with Crippen molar-refractivity contribution in [3.63, 3.8) is 0 Å². The third-order valence-corrected chi connectivity index (χ3v) is 3.60. The third kappa shape index (κ3) is 2.90. The van der Waals surface area contributed by atoms with Gasteiger partial charge in [-0.2, -0.15) is 0 Å². The van der Waals surface area contributed by atoms with Crippen molar-refractivity contribution in [2.75, 3.05) is 5.73 Å². The second-order valence-corrected chi connectivity index (χ2v) is 4.80. The highest BCUT2D eigenvalue weighted by atomic mass is 19.1. The molecule has 2 rings (SSSR count). The van der Waals surface area contributed by atoms with Crippen molar-refractivity contribution in [3.05, 3.63) is 24.0 Å². The highest BCUT2D eigenvalue weighted by Gasteiger charge is 2.25. The van der Waals surface area contributed by atoms with Crippen molar-refractivity contribution >= 4 is 5.69 Å². The molecule has 1 fully saturated rings. The van der Waals surface area contributed by atoms with E-state index in [0.29, 0.717) is 17.4 Å². The third-order valence-electron chi connectivity index (χ3n) is 3.60. The Labute approximate surface area is 102 Å². The molecule has 2 nitrogen and oxygen atoms in total. The number of rotatable bonds is 3. The lowest BCUT2D eigenvalue weighted by Gasteiger charge is -2.31. The van der Waals surface area contributed by atoms with E-state index in [9.17, 15) is 4.39 Å². The van der Waals surface area contributed by atoms with Gasteiger partial charge >= 0.3 is 0 Å². The molecule has 94 valence electrons. The molecule has 1 saturated carbocycles. The van der Waals surface area contributed by atoms with E-state index in [1.54, 1.807) is 12.1 Å². The number of ether oxygens (including phenoxy) is 1. The number of nitrogens with two attached hydrogens (primary N) is 1. The molecule has 2 atom stereocenters. The van der Waals surface area contributed by atoms with Crippen LogP contribution in [0.25, 0.3) is 0 Å². The van der Waals surface area contributed by atoms with Crippen molar-refractivity contribution in [3.8, 4) is 5.75 Å². The molecule has 0 saturated heterocycles. The van der Waals surface area contributed by atoms with Crippen molar-refractivity contribution < 1.29 is 9.13 Å². The summed E-state index contributed by atoms with van der Waals surface area (Å²) in [6.45, 7) is 2.17. The lowest BCUT2D eigenvalue weighted by Crippen LogP contribution is -2.30. The Morgan fingerprint density at radius 1 is 1.35 bits per heavy atom. The van der Waals surface area contributed by atoms with Gasteiger partial charge in [0.1, 0.15) is 6.10 Å². The zero-order valence-electron chi connectivity index (χ0n) is 10.3. The number of halogens is 1. The lowest BCUT2D eigenvalue weighted by atomic mass is 9.85. The van der Waals surface area contributed by atoms with E-state index in [-0.39, 0.29) is 11.9 Å². The normalized spacial score (nSPS) is 24.6. The Kier molecular flexibility index (Phi) is 3.87. The maximum absolute atomic E-state index is 13.6. The van der Waals surface area contributed by atoms with Gasteiger partial charge in [-0.25, -0.2) is 4.39 Å². The van der Waals surface area contributed by atoms with E-state index in [0.717, 1.165) is 12.8 Å². The summed E-state index contributed by atoms with van der Waals surface area (Å²) in [5.41, 5.74) is 5.95. The molecule has 1 aliphatic carbocycles. The first-order chi connectivity index (χ1) is 8.20. The zero-order valence-corrected chi connectivity index (χ0v) is 10.3. The molecular formula is C14H20FNO. The van der Waals surface area contributed by atoms with Crippen molar-refractivity contribution in [1.29, 1.82) is 0 Å². The monoisotopic (exact) mass is 237 g/mol. The first-order valence-corrected chi connectivity index (χ1v) is 6.42. The highest BCUT2D eigenvalue weighted by Crippen LogP contribution is 2.31. The molecule has 0 amide bonds. The molecule has 0 radical (unpaired) electrons. The van der Waals surface area contributed by atoms with Crippen LogP contribution in [0.15, 0.2) is 18.2 Å². The summed E-state index contributed by atoms with van der Waals surface area (Å²) in [6.07, 6.45) is 5.92. The largest absolute Gasteiger partial charge is 0.487 e. The summed E-state index contributed by atoms with van der Waals surface area (Å²) in [5.74, 6) is 0.538. The van der Waals surface area contributed by atoms with Gasteiger partial charge in [0, 0.05) is 11.8 Å². The molecule has 1 aromatic carbocycles. The lowest BCUT2D eigenvalue weighted by molar-refractivity contribution is 0.0863. The number of anilines is 1. The van der Waals surface area contributed by atoms with E-state index in [4.69, 9.17) is 10.5 Å². The molecule has 17 heavy (non-hydrogen) atoms. The molecule has 1 aliphatic rings. The van der Waals surface area contributed by atoms with Crippen LogP contribution in [-0.4, -0.2) is 6.10 Å². The summed E-state index contributed by atoms with van der Waals surface area (Å²) in [7, 11) is 0. The quantitative estimate of drug-likeness (QED) is 0.812. The Bertz CT molecular complexity index is 380. The van der Waals surface area contributed by atoms with Gasteiger partial charge in [0.05, 0.1) is 0 Å². The first-order valence-electron chi connectivity index (χ1n) is 6.42. The van der Waals surface area contributed by atoms with Gasteiger partial charge in [-0.3, -0.25) is 0 Å². The molecule has 0 spiro atoms. The van der Waals surface area contributed by atoms with Gasteiger partial charge in [0.25, 0.3) is 0 Å². The molecule has 2 N–H and O–H groups in total. The summed E-state index contributed by atoms with van der Waals surface area (Å²) < 4.78 is 19.4. The van der Waals surface area contributed by atoms with E-state index < -0.39 is 0 Å². The summed E-state index contributed by atoms with van der Waals surface area (Å²) in [4.78, 5) is 0. The minimum absolute atomic E-state index is 0.159. The maximum atomic E-state index is 13.6. The van der Waals surface area contributed by atoms with Crippen LogP contribution in [-0.2, 0) is 0 Å². The number of hydrogen-bond donors (Lipinski definition) is 1. The van der Waals surface area contributed by atoms with Crippen molar-refractivity contribution in [2.45, 2.75) is 45.1 Å². The Morgan fingerprint density at radius 2 is 2.12 bits per heavy atom. The van der Waals surface area contributed by atoms with Crippen LogP contribution in [0, 0.1) is 11.7 Å². The molecule has 0 aliphatic heterocycles. The number of hydrogen-bond acceptors (Lipinski definition) is 2. The summed E-state index contributed by atoms with van der Waals surface area (Å²) in [5, 5.41) is 0. The van der Waals surface area contributed by atoms with Crippen LogP contribution >= 0.6 is 0 Å². The number of benzene rings is 1. The first kappa shape index (κ1) is 12.2. The van der Waals surface area contributed by atoms with Gasteiger partial charge < -0.3 is 10.5 Å². The fraction of sp³-hybridized carbons (Fsp3) is 0.571. The molecule has 0 aromatic heterocycles. The predicted octanol–water partition coefficient (Wildman–Crippen LogP) is 3.76. The predicted molar refractivity (Wildman–Crippen MR) is 67.5 cm³/mol. The maximum Gasteiger partial charge on any atom is 0.167 e. The molecule has 2 unspecified atom stereocenters. The fourth-order valence-corrected chi connectivity index (χ4v) is 2.57. The topological polar surface area (TPSA) is 35.2 Å². The smallest absolute Gasteiger partial charge is 0.167 e. The molecular weight excluding hydrogens is 217 g/mol. The van der Waals surface area contributed by atoms with Crippen LogP contribution < -0.4 is 10.5 Å². The second kappa shape index (κ2) is 5.39. The second-order valence-electron chi connectivity index (χ2n) is 4.80. The van der Waals surface area contributed by atoms with Crippen molar-refractivity contribution in [1.82, 2.24) is 0 Å². The summed E-state index contributed by atoms with van der Waals surface area (Å²) >= 11 is 0. The highest BCUT2D eigenvalue weighted by molar-refractivity contribution is 5.42. The van der Waals surface area contributed by atoms with Crippen LogP contribution in [0.2, 0.25) is 0 Å². The summed E-state index contributed by atoms with van der Waals surface area (Å²) in [6, 6.07) is 4.63. The van der Waals surface area contributed by atoms with E-state index in [2.05, 4.69) is 6.92 Å². The zero-order chi connectivity index (χ0) is 12.3. The van der Waals surface area contributed by atoms with Crippen LogP contribution in [0.4, 0.5) is 10.1 Å². The number of nitrogen functional groups attached to an aromatic ring is 1. The Hall–Kier alpha value is -1.25. The van der Waals surface area contributed by atoms with E-state index in [1.807, 2.05) is 0 Å². The van der Waals surface area contributed by atoms with Gasteiger partial charge in [0.15, 0.2) is 11.6 Å². The van der Waals surface area contributed by atoms with Crippen LogP contribution in [0.1, 0.15) is 39.0 Å².